The first kappa shape index (κ1) is 17.0. The summed E-state index contributed by atoms with van der Waals surface area (Å²) in [6.45, 7) is 5.65. The number of carboxylic acids is 1. The first-order valence-corrected chi connectivity index (χ1v) is 7.71. The highest BCUT2D eigenvalue weighted by molar-refractivity contribution is 5.78. The van der Waals surface area contributed by atoms with Gasteiger partial charge in [0.25, 0.3) is 0 Å². The Labute approximate surface area is 121 Å². The van der Waals surface area contributed by atoms with Crippen molar-refractivity contribution < 1.29 is 14.7 Å². The summed E-state index contributed by atoms with van der Waals surface area (Å²) in [6, 6.07) is 0.316. The number of carboxylic acid groups (broad SMARTS) is 1. The third kappa shape index (κ3) is 7.48. The van der Waals surface area contributed by atoms with E-state index in [2.05, 4.69) is 19.2 Å². The molecule has 0 aromatic heterocycles. The lowest BCUT2D eigenvalue weighted by molar-refractivity contribution is -0.137. The molecule has 0 spiro atoms. The van der Waals surface area contributed by atoms with Crippen molar-refractivity contribution >= 4 is 11.9 Å². The number of hydrogen-bond donors (Lipinski definition) is 2. The summed E-state index contributed by atoms with van der Waals surface area (Å²) >= 11 is 0. The summed E-state index contributed by atoms with van der Waals surface area (Å²) in [7, 11) is 0. The second-order valence-electron chi connectivity index (χ2n) is 6.18. The number of hydrogen-bond acceptors (Lipinski definition) is 3. The summed E-state index contributed by atoms with van der Waals surface area (Å²) < 4.78 is 0. The van der Waals surface area contributed by atoms with Gasteiger partial charge in [0, 0.05) is 19.1 Å². The quantitative estimate of drug-likeness (QED) is 0.714. The summed E-state index contributed by atoms with van der Waals surface area (Å²) in [5.41, 5.74) is 0. The van der Waals surface area contributed by atoms with Crippen molar-refractivity contribution in [2.24, 2.45) is 5.92 Å². The van der Waals surface area contributed by atoms with Crippen molar-refractivity contribution in [3.05, 3.63) is 0 Å². The van der Waals surface area contributed by atoms with Crippen LogP contribution in [0.1, 0.15) is 52.4 Å². The number of aliphatic carboxylic acids is 1. The van der Waals surface area contributed by atoms with Gasteiger partial charge in [-0.05, 0) is 18.8 Å². The Morgan fingerprint density at radius 2 is 1.90 bits per heavy atom. The molecule has 1 saturated carbocycles. The molecule has 0 saturated heterocycles. The molecular weight excluding hydrogens is 256 g/mol. The fourth-order valence-electron chi connectivity index (χ4n) is 2.73. The minimum atomic E-state index is -0.813. The predicted octanol–water partition coefficient (Wildman–Crippen LogP) is 1.87. The Kier molecular flexibility index (Phi) is 7.59. The summed E-state index contributed by atoms with van der Waals surface area (Å²) in [6.07, 6.45) is 5.89. The number of nitrogens with one attached hydrogen (secondary N) is 1. The molecule has 116 valence electrons. The van der Waals surface area contributed by atoms with Gasteiger partial charge < -0.3 is 10.4 Å². The fraction of sp³-hybridized carbons (Fsp3) is 0.867. The Bertz CT molecular complexity index is 312. The molecule has 5 heteroatoms. The second-order valence-corrected chi connectivity index (χ2v) is 6.18. The molecule has 0 unspecified atom stereocenters. The SMILES string of the molecule is CC(C)CN(CCC(=O)O)CC(=O)NC1CCCCC1. The molecule has 5 nitrogen and oxygen atoms in total. The van der Waals surface area contributed by atoms with E-state index in [0.29, 0.717) is 25.0 Å². The summed E-state index contributed by atoms with van der Waals surface area (Å²) in [4.78, 5) is 24.7. The molecule has 0 atom stereocenters. The topological polar surface area (TPSA) is 69.6 Å². The van der Waals surface area contributed by atoms with Crippen LogP contribution in [-0.2, 0) is 9.59 Å². The van der Waals surface area contributed by atoms with Gasteiger partial charge in [0.15, 0.2) is 0 Å². The third-order valence-corrected chi connectivity index (χ3v) is 3.60. The van der Waals surface area contributed by atoms with Crippen LogP contribution in [0.25, 0.3) is 0 Å². The number of rotatable bonds is 8. The number of carbonyl (C=O) groups is 2. The largest absolute Gasteiger partial charge is 0.481 e. The molecule has 1 rings (SSSR count). The smallest absolute Gasteiger partial charge is 0.304 e. The molecule has 0 bridgehead atoms. The van der Waals surface area contributed by atoms with Gasteiger partial charge in [-0.15, -0.1) is 0 Å². The standard InChI is InChI=1S/C15H28N2O3/c1-12(2)10-17(9-8-15(19)20)11-14(18)16-13-6-4-3-5-7-13/h12-13H,3-11H2,1-2H3,(H,16,18)(H,19,20). The minimum Gasteiger partial charge on any atom is -0.481 e. The predicted molar refractivity (Wildman–Crippen MR) is 78.5 cm³/mol. The second kappa shape index (κ2) is 8.95. The first-order valence-electron chi connectivity index (χ1n) is 7.71. The van der Waals surface area contributed by atoms with Crippen molar-refractivity contribution in [2.45, 2.75) is 58.4 Å². The summed E-state index contributed by atoms with van der Waals surface area (Å²) in [5.74, 6) is -0.361. The van der Waals surface area contributed by atoms with E-state index >= 15 is 0 Å². The maximum absolute atomic E-state index is 12.0. The van der Waals surface area contributed by atoms with Gasteiger partial charge in [-0.3, -0.25) is 14.5 Å². The number of carbonyl (C=O) groups excluding carboxylic acids is 1. The Balaban J connectivity index is 2.37. The average Bonchev–Trinajstić information content (AvgIpc) is 2.36. The van der Waals surface area contributed by atoms with Gasteiger partial charge in [-0.25, -0.2) is 0 Å². The van der Waals surface area contributed by atoms with Crippen LogP contribution in [0.2, 0.25) is 0 Å². The van der Waals surface area contributed by atoms with Gasteiger partial charge in [0.2, 0.25) is 5.91 Å². The van der Waals surface area contributed by atoms with Gasteiger partial charge in [0.1, 0.15) is 0 Å². The van der Waals surface area contributed by atoms with Crippen LogP contribution in [0.5, 0.6) is 0 Å². The lowest BCUT2D eigenvalue weighted by atomic mass is 9.95. The lowest BCUT2D eigenvalue weighted by Crippen LogP contribution is -2.44. The molecule has 0 aromatic carbocycles. The van der Waals surface area contributed by atoms with Gasteiger partial charge in [0.05, 0.1) is 13.0 Å². The monoisotopic (exact) mass is 284 g/mol. The fourth-order valence-corrected chi connectivity index (χ4v) is 2.73. The maximum Gasteiger partial charge on any atom is 0.304 e. The van der Waals surface area contributed by atoms with Crippen LogP contribution in [0.15, 0.2) is 0 Å². The molecule has 0 aliphatic heterocycles. The highest BCUT2D eigenvalue weighted by Gasteiger charge is 2.18. The van der Waals surface area contributed by atoms with E-state index in [0.717, 1.165) is 19.4 Å². The van der Waals surface area contributed by atoms with Crippen LogP contribution >= 0.6 is 0 Å². The molecule has 0 aromatic rings. The van der Waals surface area contributed by atoms with Gasteiger partial charge in [-0.2, -0.15) is 0 Å². The van der Waals surface area contributed by atoms with Crippen LogP contribution in [-0.4, -0.2) is 47.6 Å². The molecule has 20 heavy (non-hydrogen) atoms. The Hall–Kier alpha value is -1.10. The molecule has 1 amide bonds. The van der Waals surface area contributed by atoms with Crippen LogP contribution in [0.3, 0.4) is 0 Å². The van der Waals surface area contributed by atoms with Crippen LogP contribution in [0, 0.1) is 5.92 Å². The van der Waals surface area contributed by atoms with Crippen molar-refractivity contribution in [1.29, 1.82) is 0 Å². The van der Waals surface area contributed by atoms with Crippen LogP contribution in [0.4, 0.5) is 0 Å². The van der Waals surface area contributed by atoms with Gasteiger partial charge >= 0.3 is 5.97 Å². The molecule has 0 radical (unpaired) electrons. The maximum atomic E-state index is 12.0. The normalized spacial score (nSPS) is 16.6. The minimum absolute atomic E-state index is 0.0305. The molecule has 2 N–H and O–H groups in total. The zero-order valence-electron chi connectivity index (χ0n) is 12.7. The van der Waals surface area contributed by atoms with Crippen molar-refractivity contribution in [1.82, 2.24) is 10.2 Å². The zero-order chi connectivity index (χ0) is 15.0. The third-order valence-electron chi connectivity index (χ3n) is 3.60. The van der Waals surface area contributed by atoms with E-state index in [1.807, 2.05) is 4.90 Å². The highest BCUT2D eigenvalue weighted by atomic mass is 16.4. The number of nitrogens with zero attached hydrogens (tertiary/aromatic N) is 1. The zero-order valence-corrected chi connectivity index (χ0v) is 12.7. The molecule has 1 fully saturated rings. The van der Waals surface area contributed by atoms with E-state index in [4.69, 9.17) is 5.11 Å². The molecular formula is C15H28N2O3. The summed E-state index contributed by atoms with van der Waals surface area (Å²) in [5, 5.41) is 11.8. The Morgan fingerprint density at radius 1 is 1.25 bits per heavy atom. The molecule has 0 heterocycles. The van der Waals surface area contributed by atoms with E-state index in [1.165, 1.54) is 19.3 Å². The number of amides is 1. The van der Waals surface area contributed by atoms with E-state index in [-0.39, 0.29) is 12.3 Å². The Morgan fingerprint density at radius 3 is 2.45 bits per heavy atom. The average molecular weight is 284 g/mol. The van der Waals surface area contributed by atoms with Crippen molar-refractivity contribution in [3.63, 3.8) is 0 Å². The van der Waals surface area contributed by atoms with Crippen LogP contribution < -0.4 is 5.32 Å². The molecule has 1 aliphatic carbocycles. The van der Waals surface area contributed by atoms with E-state index in [1.54, 1.807) is 0 Å². The highest BCUT2D eigenvalue weighted by Crippen LogP contribution is 2.17. The van der Waals surface area contributed by atoms with Crippen molar-refractivity contribution in [2.75, 3.05) is 19.6 Å². The lowest BCUT2D eigenvalue weighted by Gasteiger charge is -2.26. The van der Waals surface area contributed by atoms with Crippen molar-refractivity contribution in [3.8, 4) is 0 Å². The molecule has 1 aliphatic rings. The first-order chi connectivity index (χ1) is 9.47. The van der Waals surface area contributed by atoms with E-state index in [9.17, 15) is 9.59 Å². The van der Waals surface area contributed by atoms with Gasteiger partial charge in [-0.1, -0.05) is 33.1 Å². The van der Waals surface area contributed by atoms with E-state index < -0.39 is 5.97 Å².